The molecule has 11 heteroatoms. The van der Waals surface area contributed by atoms with Gasteiger partial charge in [0.1, 0.15) is 17.2 Å². The molecule has 0 atom stereocenters. The number of ether oxygens (including phenoxy) is 1. The first kappa shape index (κ1) is 25.2. The maximum Gasteiger partial charge on any atom is 0.418 e. The van der Waals surface area contributed by atoms with Crippen LogP contribution in [0, 0.1) is 0 Å². The third-order valence-corrected chi connectivity index (χ3v) is 7.00. The van der Waals surface area contributed by atoms with Crippen molar-refractivity contribution in [1.29, 1.82) is 0 Å². The number of hydrogen-bond donors (Lipinski definition) is 3. The van der Waals surface area contributed by atoms with E-state index in [9.17, 15) is 18.0 Å². The largest absolute Gasteiger partial charge is 0.491 e. The molecule has 0 radical (unpaired) electrons. The Hall–Kier alpha value is -3.47. The van der Waals surface area contributed by atoms with Gasteiger partial charge in [-0.15, -0.1) is 0 Å². The van der Waals surface area contributed by atoms with Gasteiger partial charge >= 0.3 is 6.18 Å². The lowest BCUT2D eigenvalue weighted by atomic mass is 10.0. The SMILES string of the molecule is CCNc1cc(Nc2ccc(C(=O)N3CCN(C(C)C)CC3)c3c2OCC3)nc2[nH]cc(C(F)(F)F)c12. The van der Waals surface area contributed by atoms with Gasteiger partial charge in [0.15, 0.2) is 0 Å². The summed E-state index contributed by atoms with van der Waals surface area (Å²) in [5.41, 5.74) is 1.77. The molecule has 2 aromatic heterocycles. The van der Waals surface area contributed by atoms with E-state index in [4.69, 9.17) is 4.74 Å². The molecular weight excluding hydrogens is 485 g/mol. The molecule has 2 aliphatic rings. The van der Waals surface area contributed by atoms with Crippen LogP contribution in [0.4, 0.5) is 30.4 Å². The summed E-state index contributed by atoms with van der Waals surface area (Å²) in [5, 5.41) is 6.21. The second-order valence-corrected chi connectivity index (χ2v) is 9.62. The van der Waals surface area contributed by atoms with Crippen molar-refractivity contribution in [2.24, 2.45) is 0 Å². The van der Waals surface area contributed by atoms with Crippen LogP contribution in [0.3, 0.4) is 0 Å². The predicted molar refractivity (Wildman–Crippen MR) is 137 cm³/mol. The Labute approximate surface area is 213 Å². The Morgan fingerprint density at radius 2 is 1.95 bits per heavy atom. The van der Waals surface area contributed by atoms with Crippen molar-refractivity contribution in [3.8, 4) is 5.75 Å². The molecule has 4 heterocycles. The van der Waals surface area contributed by atoms with Gasteiger partial charge in [0, 0.05) is 74.3 Å². The lowest BCUT2D eigenvalue weighted by molar-refractivity contribution is -0.136. The molecule has 3 N–H and O–H groups in total. The van der Waals surface area contributed by atoms with Crippen molar-refractivity contribution in [2.75, 3.05) is 50.0 Å². The molecular formula is C26H31F3N6O2. The number of alkyl halides is 3. The van der Waals surface area contributed by atoms with Gasteiger partial charge in [0.2, 0.25) is 0 Å². The number of nitrogens with one attached hydrogen (secondary N) is 3. The number of aromatic amines is 1. The number of H-pyrrole nitrogens is 1. The van der Waals surface area contributed by atoms with Crippen molar-refractivity contribution in [2.45, 2.75) is 39.4 Å². The van der Waals surface area contributed by atoms with Gasteiger partial charge in [-0.25, -0.2) is 4.98 Å². The molecule has 0 unspecified atom stereocenters. The second-order valence-electron chi connectivity index (χ2n) is 9.62. The van der Waals surface area contributed by atoms with Crippen LogP contribution in [-0.4, -0.2) is 71.0 Å². The van der Waals surface area contributed by atoms with E-state index < -0.39 is 11.7 Å². The first-order chi connectivity index (χ1) is 17.7. The number of anilines is 3. The number of hydrogen-bond acceptors (Lipinski definition) is 6. The average Bonchev–Trinajstić information content (AvgIpc) is 3.52. The molecule has 1 fully saturated rings. The maximum atomic E-state index is 13.5. The molecule has 3 aromatic rings. The summed E-state index contributed by atoms with van der Waals surface area (Å²) in [6, 6.07) is 5.58. The maximum absolute atomic E-state index is 13.5. The number of nitrogens with zero attached hydrogens (tertiary/aromatic N) is 3. The van der Waals surface area contributed by atoms with E-state index in [0.29, 0.717) is 67.2 Å². The third kappa shape index (κ3) is 4.79. The number of halogens is 3. The first-order valence-electron chi connectivity index (χ1n) is 12.6. The quantitative estimate of drug-likeness (QED) is 0.434. The van der Waals surface area contributed by atoms with E-state index in [1.165, 1.54) is 0 Å². The number of aromatic nitrogens is 2. The topological polar surface area (TPSA) is 85.5 Å². The number of carbonyl (C=O) groups is 1. The number of rotatable bonds is 6. The summed E-state index contributed by atoms with van der Waals surface area (Å²) in [6.45, 7) is 10.1. The lowest BCUT2D eigenvalue weighted by Gasteiger charge is -2.37. The van der Waals surface area contributed by atoms with Gasteiger partial charge < -0.3 is 25.3 Å². The summed E-state index contributed by atoms with van der Waals surface area (Å²) >= 11 is 0. The fourth-order valence-corrected chi connectivity index (χ4v) is 5.10. The Morgan fingerprint density at radius 3 is 2.62 bits per heavy atom. The van der Waals surface area contributed by atoms with E-state index in [1.54, 1.807) is 18.2 Å². The molecule has 8 nitrogen and oxygen atoms in total. The fraction of sp³-hybridized carbons (Fsp3) is 0.462. The molecule has 37 heavy (non-hydrogen) atoms. The van der Waals surface area contributed by atoms with E-state index in [-0.39, 0.29) is 16.9 Å². The van der Waals surface area contributed by atoms with Crippen LogP contribution in [0.25, 0.3) is 11.0 Å². The third-order valence-electron chi connectivity index (χ3n) is 7.00. The minimum Gasteiger partial charge on any atom is -0.491 e. The lowest BCUT2D eigenvalue weighted by Crippen LogP contribution is -2.50. The summed E-state index contributed by atoms with van der Waals surface area (Å²) in [7, 11) is 0. The van der Waals surface area contributed by atoms with Crippen molar-refractivity contribution in [3.63, 3.8) is 0 Å². The van der Waals surface area contributed by atoms with Crippen LogP contribution >= 0.6 is 0 Å². The van der Waals surface area contributed by atoms with Crippen molar-refractivity contribution < 1.29 is 22.7 Å². The Balaban J connectivity index is 1.43. The number of piperazine rings is 1. The number of benzene rings is 1. The molecule has 0 spiro atoms. The highest BCUT2D eigenvalue weighted by atomic mass is 19.4. The van der Waals surface area contributed by atoms with Crippen LogP contribution in [-0.2, 0) is 12.6 Å². The Bertz CT molecular complexity index is 1310. The van der Waals surface area contributed by atoms with E-state index >= 15 is 0 Å². The van der Waals surface area contributed by atoms with Crippen LogP contribution in [0.1, 0.15) is 42.3 Å². The molecule has 5 rings (SSSR count). The molecule has 1 saturated heterocycles. The van der Waals surface area contributed by atoms with Gasteiger partial charge in [0.25, 0.3) is 5.91 Å². The van der Waals surface area contributed by atoms with Gasteiger partial charge in [0.05, 0.1) is 23.2 Å². The molecule has 198 valence electrons. The van der Waals surface area contributed by atoms with Gasteiger partial charge in [-0.1, -0.05) is 0 Å². The number of fused-ring (bicyclic) bond motifs is 2. The van der Waals surface area contributed by atoms with Crippen molar-refractivity contribution >= 4 is 34.1 Å². The smallest absolute Gasteiger partial charge is 0.418 e. The summed E-state index contributed by atoms with van der Waals surface area (Å²) < 4.78 is 46.5. The fourth-order valence-electron chi connectivity index (χ4n) is 5.10. The molecule has 0 bridgehead atoms. The highest BCUT2D eigenvalue weighted by Gasteiger charge is 2.35. The van der Waals surface area contributed by atoms with Crippen molar-refractivity contribution in [1.82, 2.24) is 19.8 Å². The van der Waals surface area contributed by atoms with Gasteiger partial charge in [-0.3, -0.25) is 9.69 Å². The van der Waals surface area contributed by atoms with E-state index in [1.807, 2.05) is 11.8 Å². The van der Waals surface area contributed by atoms with Crippen LogP contribution in [0.15, 0.2) is 24.4 Å². The first-order valence-corrected chi connectivity index (χ1v) is 12.6. The highest BCUT2D eigenvalue weighted by Crippen LogP contribution is 2.41. The van der Waals surface area contributed by atoms with Crippen LogP contribution in [0.5, 0.6) is 5.75 Å². The highest BCUT2D eigenvalue weighted by molar-refractivity contribution is 5.98. The summed E-state index contributed by atoms with van der Waals surface area (Å²) in [6.07, 6.45) is -2.96. The summed E-state index contributed by atoms with van der Waals surface area (Å²) in [5.74, 6) is 0.943. The predicted octanol–water partition coefficient (Wildman–Crippen LogP) is 4.86. The number of carbonyl (C=O) groups excluding carboxylic acids is 1. The van der Waals surface area contributed by atoms with Crippen LogP contribution < -0.4 is 15.4 Å². The number of amides is 1. The van der Waals surface area contributed by atoms with E-state index in [0.717, 1.165) is 24.8 Å². The monoisotopic (exact) mass is 516 g/mol. The second kappa shape index (κ2) is 9.77. The Kier molecular flexibility index (Phi) is 6.65. The van der Waals surface area contributed by atoms with Gasteiger partial charge in [-0.2, -0.15) is 13.2 Å². The van der Waals surface area contributed by atoms with Crippen molar-refractivity contribution in [3.05, 3.63) is 41.1 Å². The molecule has 1 aromatic carbocycles. The Morgan fingerprint density at radius 1 is 1.19 bits per heavy atom. The molecule has 2 aliphatic heterocycles. The minimum atomic E-state index is -4.50. The number of pyridine rings is 1. The standard InChI is InChI=1S/C26H31F3N6O2/c1-4-30-20-13-21(33-24-22(20)18(14-31-24)26(27,28)29)32-19-6-5-17(16-7-12-37-23(16)19)25(36)35-10-8-34(9-11-35)15(2)3/h5-6,13-15H,4,7-12H2,1-3H3,(H3,30,31,32,33). The zero-order chi connectivity index (χ0) is 26.3. The average molecular weight is 517 g/mol. The molecule has 0 aliphatic carbocycles. The zero-order valence-corrected chi connectivity index (χ0v) is 21.1. The zero-order valence-electron chi connectivity index (χ0n) is 21.1. The molecule has 1 amide bonds. The van der Waals surface area contributed by atoms with E-state index in [2.05, 4.69) is 39.3 Å². The minimum absolute atomic E-state index is 0.000104. The van der Waals surface area contributed by atoms with Crippen LogP contribution in [0.2, 0.25) is 0 Å². The normalized spacial score (nSPS) is 16.2. The summed E-state index contributed by atoms with van der Waals surface area (Å²) in [4.78, 5) is 24.6. The van der Waals surface area contributed by atoms with Gasteiger partial charge in [-0.05, 0) is 32.9 Å². The molecule has 0 saturated carbocycles.